The van der Waals surface area contributed by atoms with Crippen molar-refractivity contribution in [2.45, 2.75) is 62.7 Å². The normalized spacial score (nSPS) is 30.0. The summed E-state index contributed by atoms with van der Waals surface area (Å²) in [6, 6.07) is 1.92. The third kappa shape index (κ3) is 9.23. The first-order valence-electron chi connectivity index (χ1n) is 9.94. The van der Waals surface area contributed by atoms with Crippen molar-refractivity contribution in [1.82, 2.24) is 21.3 Å². The molecular weight excluding hydrogens is 366 g/mol. The molecule has 4 atom stereocenters. The van der Waals surface area contributed by atoms with E-state index < -0.39 is 0 Å². The Balaban J connectivity index is 0.00000312. The van der Waals surface area contributed by atoms with E-state index in [1.165, 1.54) is 38.5 Å². The summed E-state index contributed by atoms with van der Waals surface area (Å²) in [5.74, 6) is 0. The summed E-state index contributed by atoms with van der Waals surface area (Å²) in [5, 5.41) is 23.7. The van der Waals surface area contributed by atoms with E-state index in [9.17, 15) is 0 Å². The topological polar surface area (TPSA) is 76.3 Å². The van der Waals surface area contributed by atoms with E-state index in [0.717, 1.165) is 39.3 Å². The van der Waals surface area contributed by atoms with Crippen LogP contribution in [0.2, 0.25) is 0 Å². The van der Waals surface area contributed by atoms with E-state index in [0.29, 0.717) is 24.2 Å². The molecule has 0 aromatic carbocycles. The number of nitrogens with zero attached hydrogens (tertiary/aromatic N) is 2. The Bertz CT molecular complexity index is 290. The van der Waals surface area contributed by atoms with E-state index in [1.807, 2.05) is 14.1 Å². The quantitative estimate of drug-likeness (QED) is 0.309. The van der Waals surface area contributed by atoms with Crippen LogP contribution in [0.1, 0.15) is 38.5 Å². The standard InChI is InChI=1S/C18H38N6.Zn/c1-19-9-11-21-13-15-5-3-7-17(23-15)18-8-4-6-16(24-18)14-22-12-10-20-2;/h15-22H,3-14H2,1-2H3;/q-2;+2. The molecule has 2 saturated heterocycles. The van der Waals surface area contributed by atoms with Crippen molar-refractivity contribution in [2.75, 3.05) is 53.4 Å². The van der Waals surface area contributed by atoms with Gasteiger partial charge in [-0.05, 0) is 27.2 Å². The molecule has 4 unspecified atom stereocenters. The minimum absolute atomic E-state index is 0. The molecule has 142 valence electrons. The molecule has 0 amide bonds. The summed E-state index contributed by atoms with van der Waals surface area (Å²) >= 11 is 0. The summed E-state index contributed by atoms with van der Waals surface area (Å²) in [6.45, 7) is 6.16. The van der Waals surface area contributed by atoms with Crippen LogP contribution in [-0.2, 0) is 19.5 Å². The smallest absolute Gasteiger partial charge is 0.657 e. The summed E-state index contributed by atoms with van der Waals surface area (Å²) in [4.78, 5) is 0. The predicted molar refractivity (Wildman–Crippen MR) is 103 cm³/mol. The molecular formula is C18H38N6Zn. The minimum atomic E-state index is 0. The Hall–Kier alpha value is 0.383. The number of rotatable bonds is 11. The fraction of sp³-hybridized carbons (Fsp3) is 1.00. The van der Waals surface area contributed by atoms with Crippen molar-refractivity contribution in [2.24, 2.45) is 0 Å². The molecule has 0 spiro atoms. The molecule has 6 nitrogen and oxygen atoms in total. The molecule has 0 bridgehead atoms. The molecule has 4 N–H and O–H groups in total. The zero-order valence-electron chi connectivity index (χ0n) is 16.4. The van der Waals surface area contributed by atoms with Crippen molar-refractivity contribution in [3.63, 3.8) is 0 Å². The van der Waals surface area contributed by atoms with Gasteiger partial charge in [-0.15, -0.1) is 12.1 Å². The third-order valence-electron chi connectivity index (χ3n) is 5.19. The van der Waals surface area contributed by atoms with Gasteiger partial charge < -0.3 is 31.9 Å². The summed E-state index contributed by atoms with van der Waals surface area (Å²) < 4.78 is 0. The van der Waals surface area contributed by atoms with Crippen LogP contribution < -0.4 is 21.3 Å². The van der Waals surface area contributed by atoms with Crippen LogP contribution in [-0.4, -0.2) is 77.5 Å². The fourth-order valence-electron chi connectivity index (χ4n) is 3.82. The number of nitrogens with one attached hydrogen (secondary N) is 4. The van der Waals surface area contributed by atoms with E-state index in [-0.39, 0.29) is 19.5 Å². The van der Waals surface area contributed by atoms with Crippen molar-refractivity contribution >= 4 is 0 Å². The SMILES string of the molecule is CNCCNCC1CCCC(C2CCCC(CNCCNC)[N-]2)[N-]1.[Zn+2]. The second-order valence-corrected chi connectivity index (χ2v) is 7.22. The first-order chi connectivity index (χ1) is 11.8. The molecule has 2 rings (SSSR count). The van der Waals surface area contributed by atoms with Crippen molar-refractivity contribution in [3.05, 3.63) is 10.6 Å². The summed E-state index contributed by atoms with van der Waals surface area (Å²) in [7, 11) is 3.99. The van der Waals surface area contributed by atoms with Gasteiger partial charge in [0.15, 0.2) is 0 Å². The van der Waals surface area contributed by atoms with Gasteiger partial charge in [0.25, 0.3) is 0 Å². The van der Waals surface area contributed by atoms with Crippen molar-refractivity contribution in [1.29, 1.82) is 0 Å². The zero-order valence-corrected chi connectivity index (χ0v) is 19.4. The van der Waals surface area contributed by atoms with Crippen LogP contribution in [0.3, 0.4) is 0 Å². The molecule has 2 heterocycles. The Morgan fingerprint density at radius 2 is 1.12 bits per heavy atom. The molecule has 0 radical (unpaired) electrons. The summed E-state index contributed by atoms with van der Waals surface area (Å²) in [6.07, 6.45) is 7.57. The first kappa shape index (κ1) is 23.4. The van der Waals surface area contributed by atoms with Gasteiger partial charge in [-0.3, -0.25) is 0 Å². The Morgan fingerprint density at radius 1 is 0.680 bits per heavy atom. The summed E-state index contributed by atoms with van der Waals surface area (Å²) in [5.41, 5.74) is 0. The molecule has 2 aliphatic heterocycles. The average molecular weight is 404 g/mol. The van der Waals surface area contributed by atoms with Gasteiger partial charge in [-0.1, -0.05) is 38.5 Å². The molecule has 2 fully saturated rings. The van der Waals surface area contributed by atoms with E-state index >= 15 is 0 Å². The maximum Gasteiger partial charge on any atom is 2.00 e. The molecule has 2 aliphatic rings. The van der Waals surface area contributed by atoms with Gasteiger partial charge in [0.2, 0.25) is 0 Å². The van der Waals surface area contributed by atoms with E-state index in [1.54, 1.807) is 0 Å². The Labute approximate surface area is 167 Å². The van der Waals surface area contributed by atoms with Gasteiger partial charge in [-0.25, -0.2) is 0 Å². The number of likely N-dealkylation sites (N-methyl/N-ethyl adjacent to an activating group) is 2. The monoisotopic (exact) mass is 402 g/mol. The van der Waals surface area contributed by atoms with E-state index in [4.69, 9.17) is 10.6 Å². The zero-order chi connectivity index (χ0) is 17.0. The average Bonchev–Trinajstić information content (AvgIpc) is 2.63. The van der Waals surface area contributed by atoms with E-state index in [2.05, 4.69) is 21.3 Å². The number of hydrogen-bond donors (Lipinski definition) is 4. The molecule has 0 aromatic rings. The van der Waals surface area contributed by atoms with Crippen LogP contribution in [0, 0.1) is 0 Å². The third-order valence-corrected chi connectivity index (χ3v) is 5.19. The Morgan fingerprint density at radius 3 is 1.52 bits per heavy atom. The number of hydrogen-bond acceptors (Lipinski definition) is 4. The van der Waals surface area contributed by atoms with Crippen LogP contribution >= 0.6 is 0 Å². The van der Waals surface area contributed by atoms with Gasteiger partial charge in [0, 0.05) is 26.2 Å². The van der Waals surface area contributed by atoms with Crippen molar-refractivity contribution < 1.29 is 19.5 Å². The van der Waals surface area contributed by atoms with Crippen molar-refractivity contribution in [3.8, 4) is 0 Å². The number of piperidine rings is 2. The Kier molecular flexibility index (Phi) is 13.5. The second-order valence-electron chi connectivity index (χ2n) is 7.22. The minimum Gasteiger partial charge on any atom is -0.657 e. The van der Waals surface area contributed by atoms with Crippen LogP contribution in [0.15, 0.2) is 0 Å². The van der Waals surface area contributed by atoms with Crippen LogP contribution in [0.25, 0.3) is 10.6 Å². The van der Waals surface area contributed by atoms with Gasteiger partial charge >= 0.3 is 19.5 Å². The van der Waals surface area contributed by atoms with Gasteiger partial charge in [0.05, 0.1) is 0 Å². The molecule has 0 aliphatic carbocycles. The molecule has 0 saturated carbocycles. The largest absolute Gasteiger partial charge is 2.00 e. The van der Waals surface area contributed by atoms with Gasteiger partial charge in [-0.2, -0.15) is 12.1 Å². The molecule has 25 heavy (non-hydrogen) atoms. The second kappa shape index (κ2) is 14.4. The van der Waals surface area contributed by atoms with Gasteiger partial charge in [0.1, 0.15) is 0 Å². The fourth-order valence-corrected chi connectivity index (χ4v) is 3.82. The maximum atomic E-state index is 5.14. The maximum absolute atomic E-state index is 5.14. The first-order valence-corrected chi connectivity index (χ1v) is 9.94. The molecule has 0 aromatic heterocycles. The van der Waals surface area contributed by atoms with Crippen LogP contribution in [0.5, 0.6) is 0 Å². The van der Waals surface area contributed by atoms with Crippen LogP contribution in [0.4, 0.5) is 0 Å². The molecule has 7 heteroatoms. The predicted octanol–water partition coefficient (Wildman–Crippen LogP) is 1.19.